The van der Waals surface area contributed by atoms with Gasteiger partial charge in [0, 0.05) is 12.1 Å². The van der Waals surface area contributed by atoms with Crippen LogP contribution in [0.25, 0.3) is 0 Å². The summed E-state index contributed by atoms with van der Waals surface area (Å²) in [6.45, 7) is 3.43. The van der Waals surface area contributed by atoms with E-state index in [1.54, 1.807) is 0 Å². The quantitative estimate of drug-likeness (QED) is 0.357. The molecular weight excluding hydrogens is 233 g/mol. The number of nitro groups is 1. The molecule has 16 heavy (non-hydrogen) atoms. The van der Waals surface area contributed by atoms with Gasteiger partial charge in [0.15, 0.2) is 0 Å². The molecule has 0 heterocycles. The highest BCUT2D eigenvalue weighted by molar-refractivity contribution is 7.60. The molecule has 0 aliphatic rings. The van der Waals surface area contributed by atoms with Crippen LogP contribution in [0.5, 0.6) is 0 Å². The van der Waals surface area contributed by atoms with E-state index in [1.165, 1.54) is 6.08 Å². The van der Waals surface area contributed by atoms with E-state index in [9.17, 15) is 14.7 Å². The molecule has 0 aromatic heterocycles. The van der Waals surface area contributed by atoms with Crippen LogP contribution in [0.3, 0.4) is 0 Å². The van der Waals surface area contributed by atoms with Crippen molar-refractivity contribution in [3.8, 4) is 0 Å². The molecule has 1 aromatic carbocycles. The Kier molecular flexibility index (Phi) is 3.59. The number of hydrogen-bond donors (Lipinski definition) is 2. The molecule has 0 unspecified atom stereocenters. The summed E-state index contributed by atoms with van der Waals surface area (Å²) >= 11 is 0. The minimum absolute atomic E-state index is 0.169. The molecule has 6 nitrogen and oxygen atoms in total. The number of hydrogen-bond acceptors (Lipinski definition) is 3. The van der Waals surface area contributed by atoms with Crippen molar-refractivity contribution in [3.63, 3.8) is 0 Å². The predicted octanol–water partition coefficient (Wildman–Crippen LogP) is 1.13. The Balaban J connectivity index is 3.35. The lowest BCUT2D eigenvalue weighted by molar-refractivity contribution is -0.384. The minimum atomic E-state index is -4.41. The van der Waals surface area contributed by atoms with Gasteiger partial charge in [-0.15, -0.1) is 6.58 Å². The fourth-order valence-electron chi connectivity index (χ4n) is 1.29. The molecule has 0 saturated heterocycles. The van der Waals surface area contributed by atoms with Crippen molar-refractivity contribution in [1.82, 2.24) is 0 Å². The summed E-state index contributed by atoms with van der Waals surface area (Å²) in [5, 5.41) is 10.3. The summed E-state index contributed by atoms with van der Waals surface area (Å²) in [6.07, 6.45) is 1.60. The van der Waals surface area contributed by atoms with Crippen molar-refractivity contribution < 1.29 is 19.3 Å². The van der Waals surface area contributed by atoms with Crippen LogP contribution in [0, 0.1) is 10.1 Å². The maximum Gasteiger partial charge on any atom is 0.356 e. The van der Waals surface area contributed by atoms with Crippen LogP contribution in [-0.4, -0.2) is 14.7 Å². The third kappa shape index (κ3) is 2.76. The van der Waals surface area contributed by atoms with Gasteiger partial charge in [0.25, 0.3) is 5.69 Å². The number of benzene rings is 1. The predicted molar refractivity (Wildman–Crippen MR) is 58.7 cm³/mol. The Bertz CT molecular complexity index is 479. The van der Waals surface area contributed by atoms with Gasteiger partial charge in [0.1, 0.15) is 0 Å². The average molecular weight is 243 g/mol. The highest BCUT2D eigenvalue weighted by Gasteiger charge is 2.22. The van der Waals surface area contributed by atoms with E-state index in [0.29, 0.717) is 0 Å². The van der Waals surface area contributed by atoms with Gasteiger partial charge in [-0.3, -0.25) is 14.7 Å². The van der Waals surface area contributed by atoms with Crippen LogP contribution in [0.2, 0.25) is 0 Å². The Hall–Kier alpha value is -1.49. The molecule has 0 fully saturated rings. The van der Waals surface area contributed by atoms with Gasteiger partial charge in [0.05, 0.1) is 10.2 Å². The second kappa shape index (κ2) is 4.57. The summed E-state index contributed by atoms with van der Waals surface area (Å²) < 4.78 is 11.1. The number of rotatable bonds is 4. The summed E-state index contributed by atoms with van der Waals surface area (Å²) in [5.41, 5.74) is 0.0200. The van der Waals surface area contributed by atoms with E-state index < -0.39 is 12.5 Å². The van der Waals surface area contributed by atoms with Crippen LogP contribution in [0.1, 0.15) is 5.56 Å². The lowest BCUT2D eigenvalue weighted by Gasteiger charge is -2.08. The second-order valence-electron chi connectivity index (χ2n) is 3.11. The Morgan fingerprint density at radius 2 is 2.12 bits per heavy atom. The molecule has 1 aromatic rings. The maximum absolute atomic E-state index is 11.1. The third-order valence-electron chi connectivity index (χ3n) is 1.95. The van der Waals surface area contributed by atoms with E-state index >= 15 is 0 Å². The summed E-state index contributed by atoms with van der Waals surface area (Å²) in [5.74, 6) is 0. The van der Waals surface area contributed by atoms with Gasteiger partial charge < -0.3 is 9.79 Å². The number of nitro benzene ring substituents is 1. The molecule has 1 rings (SSSR count). The molecule has 2 N–H and O–H groups in total. The zero-order valence-electron chi connectivity index (χ0n) is 8.24. The second-order valence-corrected chi connectivity index (χ2v) is 4.68. The fourth-order valence-corrected chi connectivity index (χ4v) is 2.09. The lowest BCUT2D eigenvalue weighted by Crippen LogP contribution is -2.11. The standard InChI is InChI=1S/C9H10NO5P/c1-2-3-7-6-8(10(11)12)4-5-9(7)16(13,14)15/h2,4-6H,1,3H2,(H2,13,14,15). The van der Waals surface area contributed by atoms with Gasteiger partial charge in [-0.05, 0) is 18.1 Å². The van der Waals surface area contributed by atoms with Crippen molar-refractivity contribution >= 4 is 18.6 Å². The van der Waals surface area contributed by atoms with Crippen molar-refractivity contribution in [1.29, 1.82) is 0 Å². The van der Waals surface area contributed by atoms with Crippen LogP contribution < -0.4 is 5.30 Å². The normalized spacial score (nSPS) is 11.1. The zero-order chi connectivity index (χ0) is 12.3. The third-order valence-corrected chi connectivity index (χ3v) is 3.02. The van der Waals surface area contributed by atoms with Crippen molar-refractivity contribution in [2.24, 2.45) is 0 Å². The van der Waals surface area contributed by atoms with E-state index in [4.69, 9.17) is 9.79 Å². The summed E-state index contributed by atoms with van der Waals surface area (Å²) in [7, 11) is -4.41. The van der Waals surface area contributed by atoms with E-state index in [0.717, 1.165) is 18.2 Å². The number of non-ortho nitro benzene ring substituents is 1. The van der Waals surface area contributed by atoms with Gasteiger partial charge >= 0.3 is 7.60 Å². The fraction of sp³-hybridized carbons (Fsp3) is 0.111. The topological polar surface area (TPSA) is 101 Å². The highest BCUT2D eigenvalue weighted by Crippen LogP contribution is 2.35. The van der Waals surface area contributed by atoms with Crippen molar-refractivity contribution in [3.05, 3.63) is 46.5 Å². The van der Waals surface area contributed by atoms with Crippen LogP contribution in [0.4, 0.5) is 5.69 Å². The zero-order valence-corrected chi connectivity index (χ0v) is 9.13. The minimum Gasteiger partial charge on any atom is -0.321 e. The monoisotopic (exact) mass is 243 g/mol. The molecule has 0 saturated carbocycles. The van der Waals surface area contributed by atoms with Crippen molar-refractivity contribution in [2.45, 2.75) is 6.42 Å². The Morgan fingerprint density at radius 3 is 2.56 bits per heavy atom. The smallest absolute Gasteiger partial charge is 0.321 e. The molecule has 0 bridgehead atoms. The number of allylic oxidation sites excluding steroid dienone is 1. The van der Waals surface area contributed by atoms with E-state index in [2.05, 4.69) is 6.58 Å². The van der Waals surface area contributed by atoms with Gasteiger partial charge in [-0.2, -0.15) is 0 Å². The first-order chi connectivity index (χ1) is 7.36. The molecule has 0 radical (unpaired) electrons. The maximum atomic E-state index is 11.1. The number of nitrogens with zero attached hydrogens (tertiary/aromatic N) is 1. The molecule has 0 amide bonds. The molecular formula is C9H10NO5P. The largest absolute Gasteiger partial charge is 0.356 e. The SMILES string of the molecule is C=CCc1cc([N+](=O)[O-])ccc1P(=O)(O)O. The first kappa shape index (κ1) is 12.6. The average Bonchev–Trinajstić information content (AvgIpc) is 2.16. The van der Waals surface area contributed by atoms with Crippen LogP contribution in [-0.2, 0) is 11.0 Å². The first-order valence-corrected chi connectivity index (χ1v) is 5.92. The first-order valence-electron chi connectivity index (χ1n) is 4.30. The molecule has 7 heteroatoms. The van der Waals surface area contributed by atoms with E-state index in [-0.39, 0.29) is 23.0 Å². The molecule has 0 spiro atoms. The molecule has 0 aliphatic carbocycles. The van der Waals surface area contributed by atoms with Gasteiger partial charge in [-0.1, -0.05) is 6.08 Å². The van der Waals surface area contributed by atoms with Crippen molar-refractivity contribution in [2.75, 3.05) is 0 Å². The summed E-state index contributed by atoms with van der Waals surface area (Å²) in [4.78, 5) is 28.0. The van der Waals surface area contributed by atoms with E-state index in [1.807, 2.05) is 0 Å². The van der Waals surface area contributed by atoms with Crippen LogP contribution >= 0.6 is 7.60 Å². The van der Waals surface area contributed by atoms with Gasteiger partial charge in [-0.25, -0.2) is 0 Å². The Morgan fingerprint density at radius 1 is 1.50 bits per heavy atom. The Labute approximate surface area is 91.5 Å². The lowest BCUT2D eigenvalue weighted by atomic mass is 10.1. The molecule has 0 aliphatic heterocycles. The molecule has 86 valence electrons. The highest BCUT2D eigenvalue weighted by atomic mass is 31.2. The van der Waals surface area contributed by atoms with Crippen LogP contribution in [0.15, 0.2) is 30.9 Å². The summed E-state index contributed by atoms with van der Waals surface area (Å²) in [6, 6.07) is 3.30. The molecule has 0 atom stereocenters. The van der Waals surface area contributed by atoms with Gasteiger partial charge in [0.2, 0.25) is 0 Å².